The summed E-state index contributed by atoms with van der Waals surface area (Å²) < 4.78 is 6.08. The Balaban J connectivity index is 1.80. The first kappa shape index (κ1) is 14.9. The van der Waals surface area contributed by atoms with Crippen molar-refractivity contribution in [1.29, 1.82) is 0 Å². The number of benzene rings is 1. The first-order chi connectivity index (χ1) is 10.2. The molecule has 5 heteroatoms. The van der Waals surface area contributed by atoms with Gasteiger partial charge < -0.3 is 9.64 Å². The Morgan fingerprint density at radius 1 is 1.29 bits per heavy atom. The van der Waals surface area contributed by atoms with Crippen LogP contribution in [0.1, 0.15) is 29.6 Å². The van der Waals surface area contributed by atoms with Gasteiger partial charge in [-0.2, -0.15) is 0 Å². The van der Waals surface area contributed by atoms with Gasteiger partial charge in [0.1, 0.15) is 5.75 Å². The maximum absolute atomic E-state index is 12.9. The summed E-state index contributed by atoms with van der Waals surface area (Å²) in [6.45, 7) is 4.00. The van der Waals surface area contributed by atoms with Crippen LogP contribution >= 0.6 is 15.9 Å². The van der Waals surface area contributed by atoms with E-state index in [0.717, 1.165) is 36.3 Å². The molecule has 2 saturated heterocycles. The summed E-state index contributed by atoms with van der Waals surface area (Å²) >= 11 is 3.49. The lowest BCUT2D eigenvalue weighted by atomic mass is 10.1. The molecule has 1 amide bonds. The Bertz CT molecular complexity index is 535. The lowest BCUT2D eigenvalue weighted by Crippen LogP contribution is -2.39. The number of hydrogen-bond acceptors (Lipinski definition) is 3. The third-order valence-corrected chi connectivity index (χ3v) is 5.19. The standard InChI is InChI=1S/C16H21BrN2O2/c1-21-13-5-6-15(17)14(10-13)16(20)19-9-3-8-18-7-2-4-12(18)11-19/h5-6,10,12H,2-4,7-9,11H2,1H3. The second-order valence-electron chi connectivity index (χ2n) is 5.78. The van der Waals surface area contributed by atoms with E-state index in [2.05, 4.69) is 20.8 Å². The Kier molecular flexibility index (Phi) is 4.50. The maximum atomic E-state index is 12.9. The maximum Gasteiger partial charge on any atom is 0.255 e. The van der Waals surface area contributed by atoms with Crippen LogP contribution in [0.4, 0.5) is 0 Å². The van der Waals surface area contributed by atoms with Gasteiger partial charge in [-0.3, -0.25) is 9.69 Å². The molecule has 2 aliphatic rings. The number of carbonyl (C=O) groups excluding carboxylic acids is 1. The molecule has 1 aromatic carbocycles. The van der Waals surface area contributed by atoms with Crippen molar-refractivity contribution >= 4 is 21.8 Å². The molecule has 0 spiro atoms. The van der Waals surface area contributed by atoms with E-state index in [1.165, 1.54) is 19.4 Å². The second-order valence-corrected chi connectivity index (χ2v) is 6.64. The number of rotatable bonds is 2. The average Bonchev–Trinajstić information content (AvgIpc) is 2.84. The zero-order valence-corrected chi connectivity index (χ0v) is 13.9. The van der Waals surface area contributed by atoms with E-state index in [-0.39, 0.29) is 5.91 Å². The number of amides is 1. The molecule has 0 radical (unpaired) electrons. The molecule has 0 saturated carbocycles. The predicted octanol–water partition coefficient (Wildman–Crippen LogP) is 2.77. The average molecular weight is 353 g/mol. The van der Waals surface area contributed by atoms with Gasteiger partial charge in [-0.25, -0.2) is 0 Å². The lowest BCUT2D eigenvalue weighted by Gasteiger charge is -2.26. The zero-order valence-electron chi connectivity index (χ0n) is 12.3. The van der Waals surface area contributed by atoms with E-state index in [9.17, 15) is 4.79 Å². The molecule has 0 aromatic heterocycles. The van der Waals surface area contributed by atoms with Crippen LogP contribution in [0, 0.1) is 0 Å². The van der Waals surface area contributed by atoms with Crippen LogP contribution in [-0.4, -0.2) is 55.0 Å². The molecule has 0 aliphatic carbocycles. The zero-order chi connectivity index (χ0) is 14.8. The van der Waals surface area contributed by atoms with Crippen molar-refractivity contribution < 1.29 is 9.53 Å². The number of ether oxygens (including phenoxy) is 1. The quantitative estimate of drug-likeness (QED) is 0.820. The Morgan fingerprint density at radius 3 is 2.90 bits per heavy atom. The largest absolute Gasteiger partial charge is 0.497 e. The number of nitrogens with zero attached hydrogens (tertiary/aromatic N) is 2. The van der Waals surface area contributed by atoms with Gasteiger partial charge in [-0.15, -0.1) is 0 Å². The fraction of sp³-hybridized carbons (Fsp3) is 0.562. The summed E-state index contributed by atoms with van der Waals surface area (Å²) in [5, 5.41) is 0. The van der Waals surface area contributed by atoms with Crippen LogP contribution in [-0.2, 0) is 0 Å². The number of carbonyl (C=O) groups is 1. The molecule has 2 heterocycles. The Hall–Kier alpha value is -1.07. The summed E-state index contributed by atoms with van der Waals surface area (Å²) in [5.41, 5.74) is 0.695. The van der Waals surface area contributed by atoms with E-state index in [1.807, 2.05) is 23.1 Å². The molecular weight excluding hydrogens is 332 g/mol. The normalized spacial score (nSPS) is 22.8. The van der Waals surface area contributed by atoms with E-state index in [1.54, 1.807) is 7.11 Å². The monoisotopic (exact) mass is 352 g/mol. The molecule has 21 heavy (non-hydrogen) atoms. The summed E-state index contributed by atoms with van der Waals surface area (Å²) in [5.74, 6) is 0.827. The van der Waals surface area contributed by atoms with E-state index in [4.69, 9.17) is 4.74 Å². The molecular formula is C16H21BrN2O2. The number of methoxy groups -OCH3 is 1. The van der Waals surface area contributed by atoms with Crippen LogP contribution in [0.15, 0.2) is 22.7 Å². The topological polar surface area (TPSA) is 32.8 Å². The minimum Gasteiger partial charge on any atom is -0.497 e. The second kappa shape index (κ2) is 6.36. The minimum atomic E-state index is 0.106. The highest BCUT2D eigenvalue weighted by Crippen LogP contribution is 2.26. The van der Waals surface area contributed by atoms with Crippen molar-refractivity contribution in [2.24, 2.45) is 0 Å². The summed E-state index contributed by atoms with van der Waals surface area (Å²) in [7, 11) is 1.62. The van der Waals surface area contributed by atoms with Crippen molar-refractivity contribution in [3.8, 4) is 5.75 Å². The Morgan fingerprint density at radius 2 is 2.10 bits per heavy atom. The minimum absolute atomic E-state index is 0.106. The van der Waals surface area contributed by atoms with Crippen molar-refractivity contribution in [2.75, 3.05) is 33.3 Å². The molecule has 3 rings (SSSR count). The summed E-state index contributed by atoms with van der Waals surface area (Å²) in [4.78, 5) is 17.4. The SMILES string of the molecule is COc1ccc(Br)c(C(=O)N2CCCN3CCCC3C2)c1. The fourth-order valence-corrected chi connectivity index (χ4v) is 3.77. The van der Waals surface area contributed by atoms with Crippen LogP contribution in [0.3, 0.4) is 0 Å². The molecule has 1 unspecified atom stereocenters. The highest BCUT2D eigenvalue weighted by molar-refractivity contribution is 9.10. The van der Waals surface area contributed by atoms with Crippen molar-refractivity contribution in [1.82, 2.24) is 9.80 Å². The highest BCUT2D eigenvalue weighted by atomic mass is 79.9. The van der Waals surface area contributed by atoms with Gasteiger partial charge in [0, 0.05) is 30.1 Å². The van der Waals surface area contributed by atoms with Gasteiger partial charge in [-0.05, 0) is 59.9 Å². The first-order valence-electron chi connectivity index (χ1n) is 7.56. The van der Waals surface area contributed by atoms with E-state index < -0.39 is 0 Å². The van der Waals surface area contributed by atoms with E-state index in [0.29, 0.717) is 11.6 Å². The van der Waals surface area contributed by atoms with Gasteiger partial charge in [-0.1, -0.05) is 0 Å². The van der Waals surface area contributed by atoms with Gasteiger partial charge in [0.2, 0.25) is 0 Å². The van der Waals surface area contributed by atoms with Crippen LogP contribution in [0.5, 0.6) is 5.75 Å². The highest BCUT2D eigenvalue weighted by Gasteiger charge is 2.31. The molecule has 0 N–H and O–H groups in total. The van der Waals surface area contributed by atoms with Crippen molar-refractivity contribution in [3.63, 3.8) is 0 Å². The molecule has 2 aliphatic heterocycles. The molecule has 114 valence electrons. The van der Waals surface area contributed by atoms with E-state index >= 15 is 0 Å². The summed E-state index contributed by atoms with van der Waals surface area (Å²) in [6.07, 6.45) is 3.53. The number of hydrogen-bond donors (Lipinski definition) is 0. The molecule has 1 atom stereocenters. The number of fused-ring (bicyclic) bond motifs is 1. The fourth-order valence-electron chi connectivity index (χ4n) is 3.36. The molecule has 0 bridgehead atoms. The van der Waals surface area contributed by atoms with Crippen LogP contribution in [0.25, 0.3) is 0 Å². The van der Waals surface area contributed by atoms with Crippen molar-refractivity contribution in [3.05, 3.63) is 28.2 Å². The van der Waals surface area contributed by atoms with Gasteiger partial charge in [0.05, 0.1) is 12.7 Å². The van der Waals surface area contributed by atoms with Gasteiger partial charge >= 0.3 is 0 Å². The number of halogens is 1. The van der Waals surface area contributed by atoms with Crippen molar-refractivity contribution in [2.45, 2.75) is 25.3 Å². The van der Waals surface area contributed by atoms with Gasteiger partial charge in [0.15, 0.2) is 0 Å². The Labute approximate surface area is 134 Å². The molecule has 2 fully saturated rings. The molecule has 1 aromatic rings. The van der Waals surface area contributed by atoms with Crippen LogP contribution < -0.4 is 4.74 Å². The lowest BCUT2D eigenvalue weighted by molar-refractivity contribution is 0.0742. The first-order valence-corrected chi connectivity index (χ1v) is 8.35. The van der Waals surface area contributed by atoms with Gasteiger partial charge in [0.25, 0.3) is 5.91 Å². The third kappa shape index (κ3) is 3.09. The summed E-state index contributed by atoms with van der Waals surface area (Å²) in [6, 6.07) is 6.11. The predicted molar refractivity (Wildman–Crippen MR) is 85.8 cm³/mol. The third-order valence-electron chi connectivity index (χ3n) is 4.49. The smallest absolute Gasteiger partial charge is 0.255 e. The molecule has 4 nitrogen and oxygen atoms in total. The van der Waals surface area contributed by atoms with Crippen LogP contribution in [0.2, 0.25) is 0 Å².